The highest BCUT2D eigenvalue weighted by Gasteiger charge is 2.28. The average molecular weight is 304 g/mol. The number of aryl methyl sites for hydroxylation is 1. The van der Waals surface area contributed by atoms with Crippen LogP contribution in [-0.4, -0.2) is 20.6 Å². The predicted octanol–water partition coefficient (Wildman–Crippen LogP) is 3.78. The van der Waals surface area contributed by atoms with Crippen molar-refractivity contribution >= 4 is 5.97 Å². The van der Waals surface area contributed by atoms with E-state index in [1.807, 2.05) is 41.0 Å². The van der Waals surface area contributed by atoms with Crippen LogP contribution < -0.4 is 0 Å². The normalized spacial score (nSPS) is 16.3. The summed E-state index contributed by atoms with van der Waals surface area (Å²) in [5.74, 6) is -0.992. The van der Waals surface area contributed by atoms with Gasteiger partial charge in [0.1, 0.15) is 0 Å². The minimum atomic E-state index is -0.992. The Kier molecular flexibility index (Phi) is 3.23. The lowest BCUT2D eigenvalue weighted by Gasteiger charge is -2.17. The number of benzene rings is 2. The van der Waals surface area contributed by atoms with E-state index >= 15 is 0 Å². The molecule has 1 aromatic heterocycles. The van der Waals surface area contributed by atoms with Gasteiger partial charge in [-0.05, 0) is 24.0 Å². The number of hydrogen-bond donors (Lipinski definition) is 1. The molecule has 1 aliphatic carbocycles. The molecule has 4 rings (SSSR count). The summed E-state index contributed by atoms with van der Waals surface area (Å²) < 4.78 is 2.02. The van der Waals surface area contributed by atoms with Crippen molar-refractivity contribution < 1.29 is 9.90 Å². The van der Waals surface area contributed by atoms with Crippen LogP contribution in [0.5, 0.6) is 0 Å². The fourth-order valence-electron chi connectivity index (χ4n) is 3.46. The molecule has 0 fully saturated rings. The van der Waals surface area contributed by atoms with Gasteiger partial charge in [-0.2, -0.15) is 0 Å². The molecule has 0 spiro atoms. The minimum absolute atomic E-state index is 0.112. The highest BCUT2D eigenvalue weighted by Crippen LogP contribution is 2.37. The van der Waals surface area contributed by atoms with Crippen LogP contribution in [-0.2, 0) is 6.42 Å². The van der Waals surface area contributed by atoms with Crippen molar-refractivity contribution in [3.63, 3.8) is 0 Å². The number of aromatic nitrogens is 2. The second-order valence-electron chi connectivity index (χ2n) is 5.77. The average Bonchev–Trinajstić information content (AvgIpc) is 3.19. The van der Waals surface area contributed by atoms with E-state index in [4.69, 9.17) is 0 Å². The Hall–Kier alpha value is -2.88. The Labute approximate surface area is 134 Å². The molecule has 0 aliphatic heterocycles. The summed E-state index contributed by atoms with van der Waals surface area (Å²) >= 11 is 0. The van der Waals surface area contributed by atoms with Gasteiger partial charge >= 0.3 is 5.97 Å². The molecule has 1 aliphatic rings. The molecular weight excluding hydrogens is 288 g/mol. The minimum Gasteiger partial charge on any atom is -0.476 e. The van der Waals surface area contributed by atoms with Crippen LogP contribution in [0.1, 0.15) is 34.1 Å². The number of fused-ring (bicyclic) bond motifs is 1. The molecule has 1 N–H and O–H groups in total. The molecule has 4 heteroatoms. The van der Waals surface area contributed by atoms with Crippen molar-refractivity contribution in [2.24, 2.45) is 0 Å². The van der Waals surface area contributed by atoms with Crippen LogP contribution in [0, 0.1) is 0 Å². The fourth-order valence-corrected chi connectivity index (χ4v) is 3.46. The van der Waals surface area contributed by atoms with Crippen LogP contribution in [0.25, 0.3) is 11.3 Å². The van der Waals surface area contributed by atoms with Crippen LogP contribution in [0.15, 0.2) is 60.9 Å². The standard InChI is InChI=1S/C19H16N2O2/c22-19(23)17-18(14-7-2-1-3-8-14)21(12-20-17)16-11-10-13-6-4-5-9-15(13)16/h1-9,12,16H,10-11H2,(H,22,23)/t16-/m1/s1. The fraction of sp³-hybridized carbons (Fsp3) is 0.158. The SMILES string of the molecule is O=C(O)c1ncn([C@@H]2CCc3ccccc32)c1-c1ccccc1. The summed E-state index contributed by atoms with van der Waals surface area (Å²) in [5.41, 5.74) is 4.27. The molecule has 114 valence electrons. The molecular formula is C19H16N2O2. The third-order valence-electron chi connectivity index (χ3n) is 4.48. The number of nitrogens with zero attached hydrogens (tertiary/aromatic N) is 2. The topological polar surface area (TPSA) is 55.1 Å². The molecule has 0 saturated heterocycles. The Morgan fingerprint density at radius 2 is 1.83 bits per heavy atom. The maximum atomic E-state index is 11.6. The van der Waals surface area contributed by atoms with Gasteiger partial charge in [-0.3, -0.25) is 0 Å². The summed E-state index contributed by atoms with van der Waals surface area (Å²) in [5, 5.41) is 9.50. The van der Waals surface area contributed by atoms with Gasteiger partial charge in [0.2, 0.25) is 0 Å². The van der Waals surface area contributed by atoms with Crippen molar-refractivity contribution in [3.8, 4) is 11.3 Å². The van der Waals surface area contributed by atoms with Crippen molar-refractivity contribution in [1.82, 2.24) is 9.55 Å². The number of carboxylic acids is 1. The van der Waals surface area contributed by atoms with E-state index in [-0.39, 0.29) is 11.7 Å². The highest BCUT2D eigenvalue weighted by atomic mass is 16.4. The lowest BCUT2D eigenvalue weighted by molar-refractivity contribution is 0.0692. The Morgan fingerprint density at radius 1 is 1.09 bits per heavy atom. The van der Waals surface area contributed by atoms with E-state index in [0.29, 0.717) is 5.69 Å². The third-order valence-corrected chi connectivity index (χ3v) is 4.48. The van der Waals surface area contributed by atoms with Gasteiger partial charge in [-0.25, -0.2) is 9.78 Å². The summed E-state index contributed by atoms with van der Waals surface area (Å²) in [6, 6.07) is 18.1. The summed E-state index contributed by atoms with van der Waals surface area (Å²) in [6.45, 7) is 0. The monoisotopic (exact) mass is 304 g/mol. The van der Waals surface area contributed by atoms with E-state index in [1.165, 1.54) is 11.1 Å². The highest BCUT2D eigenvalue weighted by molar-refractivity contribution is 5.93. The van der Waals surface area contributed by atoms with E-state index in [9.17, 15) is 9.90 Å². The number of carbonyl (C=O) groups is 1. The molecule has 3 aromatic rings. The number of aromatic carboxylic acids is 1. The first-order valence-electron chi connectivity index (χ1n) is 7.69. The van der Waals surface area contributed by atoms with Gasteiger partial charge in [0, 0.05) is 5.56 Å². The van der Waals surface area contributed by atoms with E-state index < -0.39 is 5.97 Å². The van der Waals surface area contributed by atoms with E-state index in [0.717, 1.165) is 18.4 Å². The first kappa shape index (κ1) is 13.8. The molecule has 0 radical (unpaired) electrons. The van der Waals surface area contributed by atoms with Gasteiger partial charge in [0.05, 0.1) is 18.1 Å². The van der Waals surface area contributed by atoms with Crippen molar-refractivity contribution in [3.05, 3.63) is 77.7 Å². The largest absolute Gasteiger partial charge is 0.476 e. The Bertz CT molecular complexity index is 868. The van der Waals surface area contributed by atoms with E-state index in [1.54, 1.807) is 6.33 Å². The summed E-state index contributed by atoms with van der Waals surface area (Å²) in [7, 11) is 0. The molecule has 2 aromatic carbocycles. The van der Waals surface area contributed by atoms with Gasteiger partial charge in [-0.15, -0.1) is 0 Å². The maximum Gasteiger partial charge on any atom is 0.356 e. The third kappa shape index (κ3) is 2.23. The lowest BCUT2D eigenvalue weighted by atomic mass is 10.1. The quantitative estimate of drug-likeness (QED) is 0.801. The summed E-state index contributed by atoms with van der Waals surface area (Å²) in [4.78, 5) is 15.8. The van der Waals surface area contributed by atoms with Gasteiger partial charge in [-0.1, -0.05) is 54.6 Å². The predicted molar refractivity (Wildman–Crippen MR) is 87.5 cm³/mol. The van der Waals surface area contributed by atoms with Crippen molar-refractivity contribution in [2.75, 3.05) is 0 Å². The lowest BCUT2D eigenvalue weighted by Crippen LogP contribution is -2.09. The second-order valence-corrected chi connectivity index (χ2v) is 5.77. The molecule has 1 atom stereocenters. The zero-order valence-corrected chi connectivity index (χ0v) is 12.5. The van der Waals surface area contributed by atoms with Crippen molar-refractivity contribution in [2.45, 2.75) is 18.9 Å². The second kappa shape index (κ2) is 5.39. The number of imidazole rings is 1. The molecule has 0 unspecified atom stereocenters. The number of carboxylic acid groups (broad SMARTS) is 1. The first-order chi connectivity index (χ1) is 11.3. The van der Waals surface area contributed by atoms with Gasteiger partial charge in [0.15, 0.2) is 5.69 Å². The number of hydrogen-bond acceptors (Lipinski definition) is 2. The molecule has 0 saturated carbocycles. The zero-order valence-electron chi connectivity index (χ0n) is 12.5. The zero-order chi connectivity index (χ0) is 15.8. The molecule has 0 amide bonds. The summed E-state index contributed by atoms with van der Waals surface area (Å²) in [6.07, 6.45) is 3.64. The molecule has 1 heterocycles. The van der Waals surface area contributed by atoms with Crippen LogP contribution in [0.3, 0.4) is 0 Å². The van der Waals surface area contributed by atoms with Crippen molar-refractivity contribution in [1.29, 1.82) is 0 Å². The maximum absolute atomic E-state index is 11.6. The van der Waals surface area contributed by atoms with Crippen LogP contribution in [0.2, 0.25) is 0 Å². The van der Waals surface area contributed by atoms with Crippen LogP contribution >= 0.6 is 0 Å². The molecule has 4 nitrogen and oxygen atoms in total. The number of rotatable bonds is 3. The van der Waals surface area contributed by atoms with Gasteiger partial charge < -0.3 is 9.67 Å². The molecule has 0 bridgehead atoms. The first-order valence-corrected chi connectivity index (χ1v) is 7.69. The van der Waals surface area contributed by atoms with Gasteiger partial charge in [0.25, 0.3) is 0 Å². The molecule has 23 heavy (non-hydrogen) atoms. The Balaban J connectivity index is 1.89. The van der Waals surface area contributed by atoms with Crippen LogP contribution in [0.4, 0.5) is 0 Å². The Morgan fingerprint density at radius 3 is 2.61 bits per heavy atom. The van der Waals surface area contributed by atoms with E-state index in [2.05, 4.69) is 23.2 Å². The smallest absolute Gasteiger partial charge is 0.356 e.